The fourth-order valence-electron chi connectivity index (χ4n) is 5.67. The SMILES string of the molecule is COc1cc[n+](-c2nc3cc4c(cc3[nH]2)C(C)(C)C(=O)C4(C)C)c(CSSC2CCCC2)c1C.[Cl-]. The first kappa shape index (κ1) is 26.4. The Balaban J connectivity index is 0.00000289. The van der Waals surface area contributed by atoms with Crippen molar-refractivity contribution in [2.45, 2.75) is 82.1 Å². The lowest BCUT2D eigenvalue weighted by Crippen LogP contribution is -3.00. The maximum Gasteiger partial charge on any atom is 0.402 e. The first-order valence-electron chi connectivity index (χ1n) is 12.1. The molecule has 5 nitrogen and oxygen atoms in total. The Hall–Kier alpha value is -1.70. The van der Waals surface area contributed by atoms with Crippen molar-refractivity contribution in [3.63, 3.8) is 0 Å². The summed E-state index contributed by atoms with van der Waals surface area (Å²) in [6.07, 6.45) is 7.43. The monoisotopic (exact) mass is 531 g/mol. The molecule has 35 heavy (non-hydrogen) atoms. The largest absolute Gasteiger partial charge is 1.00 e. The fraction of sp³-hybridized carbons (Fsp3) is 0.519. The molecule has 2 aromatic heterocycles. The van der Waals surface area contributed by atoms with E-state index in [9.17, 15) is 4.79 Å². The first-order chi connectivity index (χ1) is 16.1. The van der Waals surface area contributed by atoms with Crippen molar-refractivity contribution in [3.8, 4) is 11.7 Å². The minimum absolute atomic E-state index is 0. The molecule has 0 atom stereocenters. The van der Waals surface area contributed by atoms with Crippen molar-refractivity contribution in [1.29, 1.82) is 0 Å². The van der Waals surface area contributed by atoms with E-state index in [-0.39, 0.29) is 18.2 Å². The number of hydrogen-bond acceptors (Lipinski definition) is 5. The Labute approximate surface area is 222 Å². The number of ketones is 1. The van der Waals surface area contributed by atoms with Crippen LogP contribution >= 0.6 is 21.6 Å². The number of halogens is 1. The summed E-state index contributed by atoms with van der Waals surface area (Å²) in [5.74, 6) is 2.84. The van der Waals surface area contributed by atoms with Gasteiger partial charge in [0.1, 0.15) is 17.0 Å². The van der Waals surface area contributed by atoms with Crippen molar-refractivity contribution in [2.75, 3.05) is 7.11 Å². The number of pyridine rings is 1. The average molecular weight is 532 g/mol. The second-order valence-electron chi connectivity index (χ2n) is 10.6. The van der Waals surface area contributed by atoms with Gasteiger partial charge >= 0.3 is 5.95 Å². The van der Waals surface area contributed by atoms with Crippen LogP contribution in [0.25, 0.3) is 17.0 Å². The van der Waals surface area contributed by atoms with Gasteiger partial charge in [0, 0.05) is 27.7 Å². The number of ether oxygens (including phenoxy) is 1. The van der Waals surface area contributed by atoms with Gasteiger partial charge in [0.05, 0.1) is 19.1 Å². The number of aromatic nitrogens is 3. The van der Waals surface area contributed by atoms with E-state index in [0.29, 0.717) is 0 Å². The number of carbonyl (C=O) groups is 1. The van der Waals surface area contributed by atoms with Crippen molar-refractivity contribution >= 4 is 38.4 Å². The van der Waals surface area contributed by atoms with Gasteiger partial charge < -0.3 is 17.1 Å². The molecule has 2 heterocycles. The van der Waals surface area contributed by atoms with Crippen molar-refractivity contribution < 1.29 is 26.5 Å². The maximum absolute atomic E-state index is 13.1. The highest BCUT2D eigenvalue weighted by molar-refractivity contribution is 8.76. The molecule has 0 aliphatic heterocycles. The predicted octanol–water partition coefficient (Wildman–Crippen LogP) is 3.12. The first-order valence-corrected chi connectivity index (χ1v) is 14.5. The molecule has 2 aliphatic rings. The van der Waals surface area contributed by atoms with E-state index in [0.717, 1.165) is 50.4 Å². The third-order valence-corrected chi connectivity index (χ3v) is 10.6. The van der Waals surface area contributed by atoms with Gasteiger partial charge in [-0.05, 0) is 70.7 Å². The van der Waals surface area contributed by atoms with E-state index in [1.54, 1.807) is 7.11 Å². The summed E-state index contributed by atoms with van der Waals surface area (Å²) in [4.78, 5) is 21.6. The Morgan fingerprint density at radius 2 is 1.80 bits per heavy atom. The number of hydrogen-bond donors (Lipinski definition) is 1. The zero-order valence-corrected chi connectivity index (χ0v) is 23.7. The third-order valence-electron chi connectivity index (χ3n) is 7.71. The molecule has 2 aliphatic carbocycles. The molecule has 188 valence electrons. The Morgan fingerprint density at radius 1 is 1.14 bits per heavy atom. The molecule has 0 saturated heterocycles. The average Bonchev–Trinajstić information content (AvgIpc) is 3.50. The Kier molecular flexibility index (Phi) is 7.26. The van der Waals surface area contributed by atoms with Crippen LogP contribution in [0, 0.1) is 6.92 Å². The number of rotatable bonds is 6. The number of methoxy groups -OCH3 is 1. The molecule has 1 fully saturated rings. The number of imidazole rings is 1. The molecule has 8 heteroatoms. The highest BCUT2D eigenvalue weighted by Gasteiger charge is 2.50. The molecule has 0 spiro atoms. The summed E-state index contributed by atoms with van der Waals surface area (Å²) in [7, 11) is 5.68. The molecule has 1 saturated carbocycles. The third kappa shape index (κ3) is 4.38. The lowest BCUT2D eigenvalue weighted by Gasteiger charge is -2.21. The van der Waals surface area contributed by atoms with E-state index < -0.39 is 10.8 Å². The second-order valence-corrected chi connectivity index (χ2v) is 13.3. The normalized spacial score (nSPS) is 18.6. The Morgan fingerprint density at radius 3 is 2.46 bits per heavy atom. The van der Waals surface area contributed by atoms with Crippen molar-refractivity contribution in [3.05, 3.63) is 46.8 Å². The molecule has 0 unspecified atom stereocenters. The van der Waals surface area contributed by atoms with Gasteiger partial charge in [-0.25, -0.2) is 9.55 Å². The summed E-state index contributed by atoms with van der Waals surface area (Å²) in [5.41, 5.74) is 5.38. The van der Waals surface area contributed by atoms with Crippen LogP contribution in [0.1, 0.15) is 75.8 Å². The molecular weight excluding hydrogens is 498 g/mol. The summed E-state index contributed by atoms with van der Waals surface area (Å²) in [6, 6.07) is 6.25. The molecule has 3 aromatic rings. The number of Topliss-reactive ketones (excluding diaryl/α,β-unsaturated/α-hetero) is 1. The topological polar surface area (TPSA) is 58.9 Å². The van der Waals surface area contributed by atoms with Crippen LogP contribution in [-0.4, -0.2) is 28.1 Å². The number of carbonyl (C=O) groups excluding carboxylic acids is 1. The highest BCUT2D eigenvalue weighted by atomic mass is 35.5. The zero-order chi connectivity index (χ0) is 24.3. The van der Waals surface area contributed by atoms with E-state index in [1.165, 1.54) is 31.4 Å². The van der Waals surface area contributed by atoms with Gasteiger partial charge in [0.25, 0.3) is 0 Å². The summed E-state index contributed by atoms with van der Waals surface area (Å²) in [5, 5.41) is 0.771. The smallest absolute Gasteiger partial charge is 0.402 e. The minimum Gasteiger partial charge on any atom is -1.00 e. The molecule has 0 bridgehead atoms. The summed E-state index contributed by atoms with van der Waals surface area (Å²) in [6.45, 7) is 10.2. The Bertz CT molecular complexity index is 1220. The van der Waals surface area contributed by atoms with Crippen LogP contribution in [0.3, 0.4) is 0 Å². The van der Waals surface area contributed by atoms with E-state index in [1.807, 2.05) is 61.5 Å². The van der Waals surface area contributed by atoms with Gasteiger partial charge in [0.2, 0.25) is 0 Å². The van der Waals surface area contributed by atoms with Crippen LogP contribution in [0.5, 0.6) is 5.75 Å². The number of benzene rings is 1. The summed E-state index contributed by atoms with van der Waals surface area (Å²) >= 11 is 0. The lowest BCUT2D eigenvalue weighted by molar-refractivity contribution is -0.610. The second kappa shape index (κ2) is 9.64. The van der Waals surface area contributed by atoms with Gasteiger partial charge in [-0.2, -0.15) is 0 Å². The van der Waals surface area contributed by atoms with Crippen molar-refractivity contribution in [2.24, 2.45) is 0 Å². The van der Waals surface area contributed by atoms with E-state index in [4.69, 9.17) is 9.72 Å². The molecular formula is C27H34ClN3O2S2. The van der Waals surface area contributed by atoms with Gasteiger partial charge in [-0.1, -0.05) is 39.4 Å². The van der Waals surface area contributed by atoms with E-state index in [2.05, 4.69) is 28.6 Å². The van der Waals surface area contributed by atoms with Crippen LogP contribution in [0.15, 0.2) is 24.4 Å². The number of nitrogens with zero attached hydrogens (tertiary/aromatic N) is 2. The number of fused-ring (bicyclic) bond motifs is 2. The fourth-order valence-corrected chi connectivity index (χ4v) is 8.61. The van der Waals surface area contributed by atoms with E-state index >= 15 is 0 Å². The molecule has 0 amide bonds. The lowest BCUT2D eigenvalue weighted by atomic mass is 9.80. The molecule has 5 rings (SSSR count). The number of nitrogens with one attached hydrogen (secondary N) is 1. The molecule has 1 N–H and O–H groups in total. The highest BCUT2D eigenvalue weighted by Crippen LogP contribution is 2.47. The standard InChI is InChI=1S/C27H34N3O2S2.ClH/c1-16-22(15-33-34-17-9-7-8-10-17)30(12-11-23(16)32-6)25-28-20-13-18-19(14-21(20)29-25)27(4,5)24(31)26(18,2)3;/h11-14,17H,7-10,15H2,1-6H3,(H,28,29);1H/q+1;/p-1. The molecule has 1 aromatic carbocycles. The number of H-pyrrole nitrogens is 1. The molecule has 0 radical (unpaired) electrons. The van der Waals surface area contributed by atoms with Gasteiger partial charge in [-0.3, -0.25) is 4.79 Å². The van der Waals surface area contributed by atoms with Gasteiger partial charge in [0.15, 0.2) is 11.3 Å². The maximum atomic E-state index is 13.1. The van der Waals surface area contributed by atoms with Crippen LogP contribution in [0.2, 0.25) is 0 Å². The van der Waals surface area contributed by atoms with Crippen LogP contribution in [0.4, 0.5) is 0 Å². The quantitative estimate of drug-likeness (QED) is 0.391. The minimum atomic E-state index is -0.505. The zero-order valence-electron chi connectivity index (χ0n) is 21.3. The van der Waals surface area contributed by atoms with Crippen LogP contribution in [-0.2, 0) is 21.4 Å². The van der Waals surface area contributed by atoms with Crippen molar-refractivity contribution in [1.82, 2.24) is 9.97 Å². The predicted molar refractivity (Wildman–Crippen MR) is 141 cm³/mol. The van der Waals surface area contributed by atoms with Gasteiger partial charge in [-0.15, -0.1) is 0 Å². The number of aromatic amines is 1. The van der Waals surface area contributed by atoms with Crippen LogP contribution < -0.4 is 21.7 Å². The summed E-state index contributed by atoms with van der Waals surface area (Å²) < 4.78 is 7.79.